The number of rotatable bonds is 5. The van der Waals surface area contributed by atoms with E-state index in [9.17, 15) is 4.79 Å². The molecule has 0 unspecified atom stereocenters. The maximum Gasteiger partial charge on any atom is 0.225 e. The quantitative estimate of drug-likeness (QED) is 0.685. The molecule has 1 fully saturated rings. The fourth-order valence-corrected chi connectivity index (χ4v) is 2.51. The average molecular weight is 238 g/mol. The topological polar surface area (TPSA) is 23.6 Å². The first kappa shape index (κ1) is 14.2. The fourth-order valence-electron chi connectivity index (χ4n) is 2.51. The van der Waals surface area contributed by atoms with Crippen LogP contribution in [0.25, 0.3) is 0 Å². The average Bonchev–Trinajstić information content (AvgIpc) is 2.30. The summed E-state index contributed by atoms with van der Waals surface area (Å²) in [4.78, 5) is 16.5. The van der Waals surface area contributed by atoms with Gasteiger partial charge in [-0.2, -0.15) is 0 Å². The number of nitrogens with zero attached hydrogens (tertiary/aromatic N) is 2. The van der Waals surface area contributed by atoms with Crippen molar-refractivity contribution in [2.75, 3.05) is 32.7 Å². The van der Waals surface area contributed by atoms with E-state index in [-0.39, 0.29) is 5.92 Å². The van der Waals surface area contributed by atoms with E-state index >= 15 is 0 Å². The van der Waals surface area contributed by atoms with Crippen LogP contribution in [0.3, 0.4) is 0 Å². The lowest BCUT2D eigenvalue weighted by molar-refractivity contribution is -0.136. The van der Waals surface area contributed by atoms with Gasteiger partial charge in [0.1, 0.15) is 0 Å². The molecule has 1 aliphatic heterocycles. The van der Waals surface area contributed by atoms with Crippen molar-refractivity contribution < 1.29 is 4.79 Å². The molecule has 1 amide bonds. The van der Waals surface area contributed by atoms with Gasteiger partial charge < -0.3 is 4.90 Å². The molecule has 98 valence electrons. The molecule has 0 spiro atoms. The number of piperidine rings is 1. The lowest BCUT2D eigenvalue weighted by atomic mass is 9.95. The van der Waals surface area contributed by atoms with Gasteiger partial charge in [-0.25, -0.2) is 0 Å². The van der Waals surface area contributed by atoms with Crippen molar-refractivity contribution in [2.24, 2.45) is 5.92 Å². The Kier molecular flexibility index (Phi) is 5.69. The van der Waals surface area contributed by atoms with Crippen LogP contribution in [0.4, 0.5) is 0 Å². The zero-order chi connectivity index (χ0) is 12.8. The molecule has 0 aromatic rings. The lowest BCUT2D eigenvalue weighted by Gasteiger charge is -2.33. The maximum absolute atomic E-state index is 12.2. The van der Waals surface area contributed by atoms with Crippen LogP contribution in [-0.4, -0.2) is 48.4 Å². The third-order valence-electron chi connectivity index (χ3n) is 3.51. The summed E-state index contributed by atoms with van der Waals surface area (Å²) in [5, 5.41) is 0. The molecular weight excluding hydrogens is 212 g/mol. The first-order valence-electron chi connectivity index (χ1n) is 6.74. The smallest absolute Gasteiger partial charge is 0.225 e. The van der Waals surface area contributed by atoms with Gasteiger partial charge in [-0.05, 0) is 46.7 Å². The molecule has 0 saturated carbocycles. The minimum absolute atomic E-state index is 0.247. The molecule has 0 bridgehead atoms. The summed E-state index contributed by atoms with van der Waals surface area (Å²) in [6.45, 7) is 14.8. The Bertz CT molecular complexity index is 263. The van der Waals surface area contributed by atoms with E-state index in [1.54, 1.807) is 0 Å². The summed E-state index contributed by atoms with van der Waals surface area (Å²) >= 11 is 0. The molecular formula is C14H26N2O. The van der Waals surface area contributed by atoms with Gasteiger partial charge in [0.25, 0.3) is 0 Å². The Balaban J connectivity index is 2.40. The number of amides is 1. The van der Waals surface area contributed by atoms with Crippen molar-refractivity contribution in [3.63, 3.8) is 0 Å². The zero-order valence-corrected chi connectivity index (χ0v) is 11.5. The SMILES string of the molecule is C=C(C)CN1CCC(C(=O)N(CC)CC)CC1. The lowest BCUT2D eigenvalue weighted by Crippen LogP contribution is -2.42. The molecule has 17 heavy (non-hydrogen) atoms. The number of hydrogen-bond acceptors (Lipinski definition) is 2. The van der Waals surface area contributed by atoms with Gasteiger partial charge in [-0.15, -0.1) is 0 Å². The summed E-state index contributed by atoms with van der Waals surface area (Å²) in [6.07, 6.45) is 2.01. The second-order valence-corrected chi connectivity index (χ2v) is 5.02. The molecule has 1 heterocycles. The van der Waals surface area contributed by atoms with E-state index in [4.69, 9.17) is 0 Å². The molecule has 0 radical (unpaired) electrons. The van der Waals surface area contributed by atoms with Crippen LogP contribution in [0.1, 0.15) is 33.6 Å². The highest BCUT2D eigenvalue weighted by molar-refractivity contribution is 5.78. The molecule has 3 nitrogen and oxygen atoms in total. The molecule has 0 N–H and O–H groups in total. The molecule has 0 aromatic carbocycles. The Morgan fingerprint density at radius 1 is 1.29 bits per heavy atom. The number of hydrogen-bond donors (Lipinski definition) is 0. The van der Waals surface area contributed by atoms with Crippen molar-refractivity contribution >= 4 is 5.91 Å². The minimum Gasteiger partial charge on any atom is -0.343 e. The summed E-state index contributed by atoms with van der Waals surface area (Å²) in [6, 6.07) is 0. The first-order valence-corrected chi connectivity index (χ1v) is 6.74. The van der Waals surface area contributed by atoms with Gasteiger partial charge in [0, 0.05) is 25.6 Å². The number of likely N-dealkylation sites (tertiary alicyclic amines) is 1. The second-order valence-electron chi connectivity index (χ2n) is 5.02. The van der Waals surface area contributed by atoms with Crippen molar-refractivity contribution in [1.82, 2.24) is 9.80 Å². The van der Waals surface area contributed by atoms with Gasteiger partial charge >= 0.3 is 0 Å². The predicted molar refractivity (Wildman–Crippen MR) is 71.9 cm³/mol. The number of carbonyl (C=O) groups is 1. The Morgan fingerprint density at radius 3 is 2.24 bits per heavy atom. The van der Waals surface area contributed by atoms with Crippen LogP contribution in [0.5, 0.6) is 0 Å². The van der Waals surface area contributed by atoms with E-state index in [0.717, 1.165) is 45.6 Å². The molecule has 3 heteroatoms. The Labute approximate surface area is 105 Å². The van der Waals surface area contributed by atoms with E-state index in [2.05, 4.69) is 32.3 Å². The van der Waals surface area contributed by atoms with Gasteiger partial charge in [-0.1, -0.05) is 12.2 Å². The Hall–Kier alpha value is -0.830. The number of carbonyl (C=O) groups excluding carboxylic acids is 1. The van der Waals surface area contributed by atoms with Crippen LogP contribution in [0.2, 0.25) is 0 Å². The van der Waals surface area contributed by atoms with Crippen LogP contribution >= 0.6 is 0 Å². The van der Waals surface area contributed by atoms with Crippen molar-refractivity contribution in [1.29, 1.82) is 0 Å². The van der Waals surface area contributed by atoms with E-state index in [0.29, 0.717) is 5.91 Å². The third-order valence-corrected chi connectivity index (χ3v) is 3.51. The summed E-state index contributed by atoms with van der Waals surface area (Å²) in [7, 11) is 0. The fraction of sp³-hybridized carbons (Fsp3) is 0.786. The highest BCUT2D eigenvalue weighted by Crippen LogP contribution is 2.20. The normalized spacial score (nSPS) is 18.1. The van der Waals surface area contributed by atoms with Crippen LogP contribution in [0.15, 0.2) is 12.2 Å². The van der Waals surface area contributed by atoms with Crippen LogP contribution in [0, 0.1) is 5.92 Å². The minimum atomic E-state index is 0.247. The summed E-state index contributed by atoms with van der Waals surface area (Å²) in [5.41, 5.74) is 1.21. The molecule has 1 rings (SSSR count). The van der Waals surface area contributed by atoms with Crippen LogP contribution < -0.4 is 0 Å². The molecule has 0 aromatic heterocycles. The zero-order valence-electron chi connectivity index (χ0n) is 11.5. The second kappa shape index (κ2) is 6.80. The van der Waals surface area contributed by atoms with Gasteiger partial charge in [0.15, 0.2) is 0 Å². The maximum atomic E-state index is 12.2. The standard InChI is InChI=1S/C14H26N2O/c1-5-16(6-2)14(17)13-7-9-15(10-8-13)11-12(3)4/h13H,3,5-11H2,1-2,4H3. The molecule has 1 saturated heterocycles. The van der Waals surface area contributed by atoms with Gasteiger partial charge in [0.2, 0.25) is 5.91 Å². The van der Waals surface area contributed by atoms with Gasteiger partial charge in [-0.3, -0.25) is 9.69 Å². The van der Waals surface area contributed by atoms with E-state index in [1.165, 1.54) is 5.57 Å². The first-order chi connectivity index (χ1) is 8.08. The highest BCUT2D eigenvalue weighted by atomic mass is 16.2. The van der Waals surface area contributed by atoms with Crippen molar-refractivity contribution in [3.05, 3.63) is 12.2 Å². The predicted octanol–water partition coefficient (Wildman–Crippen LogP) is 2.14. The van der Waals surface area contributed by atoms with Crippen molar-refractivity contribution in [2.45, 2.75) is 33.6 Å². The van der Waals surface area contributed by atoms with E-state index in [1.807, 2.05) is 4.90 Å². The Morgan fingerprint density at radius 2 is 1.82 bits per heavy atom. The molecule has 1 aliphatic rings. The highest BCUT2D eigenvalue weighted by Gasteiger charge is 2.27. The van der Waals surface area contributed by atoms with Crippen LogP contribution in [-0.2, 0) is 4.79 Å². The third kappa shape index (κ3) is 4.15. The largest absolute Gasteiger partial charge is 0.343 e. The molecule has 0 atom stereocenters. The van der Waals surface area contributed by atoms with Crippen molar-refractivity contribution in [3.8, 4) is 0 Å². The summed E-state index contributed by atoms with van der Waals surface area (Å²) < 4.78 is 0. The van der Waals surface area contributed by atoms with Gasteiger partial charge in [0.05, 0.1) is 0 Å². The molecule has 0 aliphatic carbocycles. The van der Waals surface area contributed by atoms with E-state index < -0.39 is 0 Å². The monoisotopic (exact) mass is 238 g/mol. The summed E-state index contributed by atoms with van der Waals surface area (Å²) in [5.74, 6) is 0.598.